The van der Waals surface area contributed by atoms with Gasteiger partial charge >= 0.3 is 0 Å². The second-order valence-corrected chi connectivity index (χ2v) is 12.3. The van der Waals surface area contributed by atoms with Crippen LogP contribution in [0.5, 0.6) is 0 Å². The van der Waals surface area contributed by atoms with E-state index in [9.17, 15) is 0 Å². The molecule has 3 heteroatoms. The average Bonchev–Trinajstić information content (AvgIpc) is 3.58. The van der Waals surface area contributed by atoms with E-state index in [4.69, 9.17) is 0 Å². The molecule has 0 atom stereocenters. The fourth-order valence-electron chi connectivity index (χ4n) is 4.65. The molecule has 0 fully saturated rings. The van der Waals surface area contributed by atoms with Gasteiger partial charge in [-0.3, -0.25) is 0 Å². The third-order valence-electron chi connectivity index (χ3n) is 5.97. The van der Waals surface area contributed by atoms with Crippen molar-refractivity contribution in [1.29, 1.82) is 0 Å². The first-order valence-electron chi connectivity index (χ1n) is 11.5. The van der Waals surface area contributed by atoms with Crippen molar-refractivity contribution < 1.29 is 17.1 Å². The molecule has 0 heterocycles. The van der Waals surface area contributed by atoms with Crippen molar-refractivity contribution in [2.75, 3.05) is 14.1 Å². The normalized spacial score (nSPS) is 10.8. The molecule has 0 aliphatic heterocycles. The van der Waals surface area contributed by atoms with Crippen LogP contribution in [0, 0.1) is 0 Å². The van der Waals surface area contributed by atoms with E-state index in [-0.39, 0.29) is 17.1 Å². The molecule has 5 aromatic rings. The predicted octanol–water partition coefficient (Wildman–Crippen LogP) is 4.25. The van der Waals surface area contributed by atoms with E-state index in [0.29, 0.717) is 0 Å². The number of benzene rings is 3. The van der Waals surface area contributed by atoms with Crippen LogP contribution in [-0.4, -0.2) is 27.1 Å². The van der Waals surface area contributed by atoms with Crippen molar-refractivity contribution in [3.63, 3.8) is 0 Å². The third-order valence-corrected chi connectivity index (χ3v) is 10.9. The molecular weight excluding hydrogens is 470 g/mol. The molecule has 0 saturated heterocycles. The molecule has 0 unspecified atom stereocenters. The molecule has 1 nitrogen and oxygen atoms in total. The van der Waals surface area contributed by atoms with Gasteiger partial charge in [0.2, 0.25) is 0 Å². The van der Waals surface area contributed by atoms with Crippen molar-refractivity contribution in [1.82, 2.24) is 4.90 Å². The summed E-state index contributed by atoms with van der Waals surface area (Å²) in [5.41, 5.74) is 1.42. The van der Waals surface area contributed by atoms with Gasteiger partial charge in [-0.15, -0.1) is 5.56 Å². The molecular formula is C31H31FeNSi-6. The molecule has 0 aliphatic carbocycles. The summed E-state index contributed by atoms with van der Waals surface area (Å²) in [6.07, 6.45) is 0. The zero-order chi connectivity index (χ0) is 22.9. The summed E-state index contributed by atoms with van der Waals surface area (Å²) in [6.45, 7) is 0.948. The molecule has 0 bridgehead atoms. The first-order chi connectivity index (χ1) is 16.2. The average molecular weight is 502 g/mol. The Morgan fingerprint density at radius 3 is 1.32 bits per heavy atom. The molecule has 0 N–H and O–H groups in total. The van der Waals surface area contributed by atoms with Gasteiger partial charge in [-0.25, -0.2) is 12.1 Å². The Balaban J connectivity index is 0.000000481. The van der Waals surface area contributed by atoms with Crippen LogP contribution in [-0.2, 0) is 23.6 Å². The van der Waals surface area contributed by atoms with Crippen LogP contribution in [0.25, 0.3) is 0 Å². The second-order valence-electron chi connectivity index (χ2n) is 8.51. The van der Waals surface area contributed by atoms with Gasteiger partial charge in [0.15, 0.2) is 8.07 Å². The van der Waals surface area contributed by atoms with Crippen LogP contribution in [0.1, 0.15) is 5.56 Å². The zero-order valence-corrected chi connectivity index (χ0v) is 21.9. The fraction of sp³-hybridized carbons (Fsp3) is 0.0968. The standard InChI is InChI=1S/C26H26NSi.C5H5.Fe/c1-27(2)21-22-13-12-20-26(22)28(23-14-6-3-7-15-23,24-16-8-4-9-17-24)25-18-10-5-11-19-25;1-2-4-5-3-1;/h3-20H,21H2,1-2H3;1-5H;/q-1;-5;. The molecule has 178 valence electrons. The third kappa shape index (κ3) is 5.57. The van der Waals surface area contributed by atoms with Crippen LogP contribution in [0.4, 0.5) is 0 Å². The van der Waals surface area contributed by atoms with Gasteiger partial charge in [-0.2, -0.15) is 11.3 Å². The Labute approximate surface area is 215 Å². The van der Waals surface area contributed by atoms with Crippen LogP contribution in [0.15, 0.2) is 140 Å². The Morgan fingerprint density at radius 1 is 0.588 bits per heavy atom. The summed E-state index contributed by atoms with van der Waals surface area (Å²) in [6, 6.07) is 50.2. The zero-order valence-electron chi connectivity index (χ0n) is 19.8. The van der Waals surface area contributed by atoms with E-state index in [1.807, 2.05) is 30.3 Å². The maximum absolute atomic E-state index is 2.39. The Morgan fingerprint density at radius 2 is 0.971 bits per heavy atom. The molecule has 0 aliphatic rings. The first-order valence-corrected chi connectivity index (χ1v) is 13.5. The van der Waals surface area contributed by atoms with Crippen LogP contribution in [0.2, 0.25) is 0 Å². The second kappa shape index (κ2) is 12.5. The minimum Gasteiger partial charge on any atom is -0.748 e. The van der Waals surface area contributed by atoms with Gasteiger partial charge in [-0.05, 0) is 36.2 Å². The van der Waals surface area contributed by atoms with Crippen molar-refractivity contribution in [3.8, 4) is 0 Å². The van der Waals surface area contributed by atoms with Gasteiger partial charge in [0.05, 0.1) is 0 Å². The molecule has 5 rings (SSSR count). The minimum atomic E-state index is -2.39. The Kier molecular flexibility index (Phi) is 9.44. The Bertz CT molecular complexity index is 1080. The van der Waals surface area contributed by atoms with Crippen molar-refractivity contribution in [2.24, 2.45) is 0 Å². The number of nitrogens with zero attached hydrogens (tertiary/aromatic N) is 1. The van der Waals surface area contributed by atoms with Gasteiger partial charge in [0.25, 0.3) is 0 Å². The molecule has 0 radical (unpaired) electrons. The van der Waals surface area contributed by atoms with Crippen LogP contribution < -0.4 is 20.7 Å². The van der Waals surface area contributed by atoms with Crippen LogP contribution >= 0.6 is 0 Å². The molecule has 0 amide bonds. The van der Waals surface area contributed by atoms with E-state index >= 15 is 0 Å². The van der Waals surface area contributed by atoms with Gasteiger partial charge < -0.3 is 35.2 Å². The van der Waals surface area contributed by atoms with Crippen molar-refractivity contribution in [3.05, 3.63) is 145 Å². The van der Waals surface area contributed by atoms with Crippen molar-refractivity contribution >= 4 is 28.8 Å². The van der Waals surface area contributed by atoms with E-state index in [1.165, 1.54) is 26.3 Å². The summed E-state index contributed by atoms with van der Waals surface area (Å²) in [5.74, 6) is 0. The fourth-order valence-corrected chi connectivity index (χ4v) is 9.65. The molecule has 0 saturated carbocycles. The topological polar surface area (TPSA) is 3.24 Å². The summed E-state index contributed by atoms with van der Waals surface area (Å²) in [4.78, 5) is 2.26. The van der Waals surface area contributed by atoms with Crippen LogP contribution in [0.3, 0.4) is 0 Å². The summed E-state index contributed by atoms with van der Waals surface area (Å²) >= 11 is 0. The van der Waals surface area contributed by atoms with Gasteiger partial charge in [-0.1, -0.05) is 91.0 Å². The molecule has 0 spiro atoms. The number of rotatable bonds is 6. The SMILES string of the molecule is CN(C)C[c-]1cccc1[Si](c1ccccc1)(c1ccccc1)c1ccccc1.[Fe].[cH-]1[cH-][cH-][cH-][cH-]1. The first kappa shape index (κ1) is 25.7. The minimum absolute atomic E-state index is 0. The smallest absolute Gasteiger partial charge is 0.154 e. The van der Waals surface area contributed by atoms with E-state index in [0.717, 1.165) is 6.54 Å². The van der Waals surface area contributed by atoms with E-state index in [2.05, 4.69) is 128 Å². The molecule has 5 aromatic carbocycles. The monoisotopic (exact) mass is 501 g/mol. The number of hydrogen-bond acceptors (Lipinski definition) is 1. The Hall–Kier alpha value is -2.94. The predicted molar refractivity (Wildman–Crippen MR) is 145 cm³/mol. The quantitative estimate of drug-likeness (QED) is 0.191. The molecule has 34 heavy (non-hydrogen) atoms. The van der Waals surface area contributed by atoms with Crippen molar-refractivity contribution in [2.45, 2.75) is 6.54 Å². The van der Waals surface area contributed by atoms with E-state index < -0.39 is 8.07 Å². The summed E-state index contributed by atoms with van der Waals surface area (Å²) in [7, 11) is 1.91. The largest absolute Gasteiger partial charge is 0.748 e. The maximum atomic E-state index is 2.36. The maximum Gasteiger partial charge on any atom is 0.154 e. The van der Waals surface area contributed by atoms with Gasteiger partial charge in [0, 0.05) is 17.1 Å². The summed E-state index contributed by atoms with van der Waals surface area (Å²) in [5, 5.41) is 5.78. The van der Waals surface area contributed by atoms with Gasteiger partial charge in [0.1, 0.15) is 0 Å². The summed E-state index contributed by atoms with van der Waals surface area (Å²) < 4.78 is 0. The number of hydrogen-bond donors (Lipinski definition) is 0. The van der Waals surface area contributed by atoms with E-state index in [1.54, 1.807) is 0 Å². The molecule has 0 aromatic heterocycles.